The number of likely N-dealkylation sites (N-methyl/N-ethyl adjacent to an activating group) is 1. The number of phenols is 1. The second-order valence-corrected chi connectivity index (χ2v) is 3.61. The van der Waals surface area contributed by atoms with Gasteiger partial charge in [-0.25, -0.2) is 0 Å². The van der Waals surface area contributed by atoms with Crippen LogP contribution in [0.4, 0.5) is 5.69 Å². The fraction of sp³-hybridized carbons (Fsp3) is 0.273. The van der Waals surface area contributed by atoms with Crippen molar-refractivity contribution in [3.05, 3.63) is 23.8 Å². The van der Waals surface area contributed by atoms with Crippen molar-refractivity contribution in [1.29, 1.82) is 0 Å². The smallest absolute Gasteiger partial charge is 0.257 e. The lowest BCUT2D eigenvalue weighted by molar-refractivity contribution is -0.117. The molecule has 0 unspecified atom stereocenters. The lowest BCUT2D eigenvalue weighted by Gasteiger charge is -2.16. The highest BCUT2D eigenvalue weighted by Crippen LogP contribution is 2.25. The SMILES string of the molecule is CC(=O)CN(C)C(=O)c1cccc(N)c1O. The van der Waals surface area contributed by atoms with Gasteiger partial charge in [-0.1, -0.05) is 6.07 Å². The number of aromatic hydroxyl groups is 1. The second-order valence-electron chi connectivity index (χ2n) is 3.61. The summed E-state index contributed by atoms with van der Waals surface area (Å²) in [6.45, 7) is 1.40. The molecule has 0 fully saturated rings. The van der Waals surface area contributed by atoms with E-state index in [4.69, 9.17) is 5.73 Å². The monoisotopic (exact) mass is 222 g/mol. The minimum atomic E-state index is -0.431. The van der Waals surface area contributed by atoms with E-state index in [0.717, 1.165) is 0 Å². The number of ketones is 1. The van der Waals surface area contributed by atoms with Crippen LogP contribution in [0.3, 0.4) is 0 Å². The quantitative estimate of drug-likeness (QED) is 0.580. The first kappa shape index (κ1) is 12.0. The Bertz CT molecular complexity index is 429. The molecule has 5 nitrogen and oxygen atoms in total. The molecule has 5 heteroatoms. The third-order valence-electron chi connectivity index (χ3n) is 2.10. The predicted octanol–water partition coefficient (Wildman–Crippen LogP) is 0.635. The van der Waals surface area contributed by atoms with Gasteiger partial charge in [-0.3, -0.25) is 9.59 Å². The largest absolute Gasteiger partial charge is 0.505 e. The van der Waals surface area contributed by atoms with E-state index in [2.05, 4.69) is 0 Å². The van der Waals surface area contributed by atoms with E-state index < -0.39 is 5.91 Å². The number of amides is 1. The van der Waals surface area contributed by atoms with Crippen LogP contribution in [0, 0.1) is 0 Å². The fourth-order valence-electron chi connectivity index (χ4n) is 1.35. The molecule has 0 saturated heterocycles. The Balaban J connectivity index is 2.96. The molecule has 1 rings (SSSR count). The van der Waals surface area contributed by atoms with E-state index in [9.17, 15) is 14.7 Å². The number of hydrogen-bond donors (Lipinski definition) is 2. The number of nitrogens with two attached hydrogens (primary N) is 1. The van der Waals surface area contributed by atoms with Gasteiger partial charge in [-0.2, -0.15) is 0 Å². The number of phenolic OH excluding ortho intramolecular Hbond substituents is 1. The molecular formula is C11H14N2O3. The van der Waals surface area contributed by atoms with Gasteiger partial charge in [0.25, 0.3) is 5.91 Å². The van der Waals surface area contributed by atoms with Crippen molar-refractivity contribution in [1.82, 2.24) is 4.90 Å². The maximum atomic E-state index is 11.8. The van der Waals surface area contributed by atoms with E-state index in [1.807, 2.05) is 0 Å². The van der Waals surface area contributed by atoms with Gasteiger partial charge in [-0.15, -0.1) is 0 Å². The minimum absolute atomic E-state index is 0.00702. The normalized spacial score (nSPS) is 9.88. The van der Waals surface area contributed by atoms with Gasteiger partial charge in [0.1, 0.15) is 5.78 Å². The molecule has 0 heterocycles. The minimum Gasteiger partial charge on any atom is -0.505 e. The number of carbonyl (C=O) groups is 2. The molecule has 0 spiro atoms. The molecule has 3 N–H and O–H groups in total. The summed E-state index contributed by atoms with van der Waals surface area (Å²) < 4.78 is 0. The van der Waals surface area contributed by atoms with Crippen LogP contribution in [0.15, 0.2) is 18.2 Å². The zero-order valence-corrected chi connectivity index (χ0v) is 9.23. The van der Waals surface area contributed by atoms with Crippen LogP contribution in [-0.2, 0) is 4.79 Å². The Morgan fingerprint density at radius 3 is 2.62 bits per heavy atom. The van der Waals surface area contributed by atoms with Gasteiger partial charge in [0.05, 0.1) is 17.8 Å². The molecular weight excluding hydrogens is 208 g/mol. The van der Waals surface area contributed by atoms with Gasteiger partial charge in [0.15, 0.2) is 5.75 Å². The fourth-order valence-corrected chi connectivity index (χ4v) is 1.35. The van der Waals surface area contributed by atoms with E-state index >= 15 is 0 Å². The van der Waals surface area contributed by atoms with E-state index in [1.165, 1.54) is 31.0 Å². The van der Waals surface area contributed by atoms with Crippen LogP contribution >= 0.6 is 0 Å². The van der Waals surface area contributed by atoms with Crippen molar-refractivity contribution in [2.24, 2.45) is 0 Å². The number of rotatable bonds is 3. The molecule has 1 aromatic rings. The van der Waals surface area contributed by atoms with E-state index in [-0.39, 0.29) is 29.3 Å². The Morgan fingerprint density at radius 2 is 2.06 bits per heavy atom. The Hall–Kier alpha value is -2.04. The van der Waals surface area contributed by atoms with Gasteiger partial charge in [0.2, 0.25) is 0 Å². The van der Waals surface area contributed by atoms with Crippen LogP contribution in [0.2, 0.25) is 0 Å². The highest BCUT2D eigenvalue weighted by Gasteiger charge is 2.17. The topological polar surface area (TPSA) is 83.6 Å². The first-order chi connectivity index (χ1) is 7.43. The number of Topliss-reactive ketones (excluding diaryl/α,β-unsaturated/α-hetero) is 1. The number of benzene rings is 1. The third kappa shape index (κ3) is 2.50. The van der Waals surface area contributed by atoms with Crippen molar-refractivity contribution < 1.29 is 14.7 Å². The van der Waals surface area contributed by atoms with Crippen LogP contribution in [0.25, 0.3) is 0 Å². The lowest BCUT2D eigenvalue weighted by Crippen LogP contribution is -2.31. The summed E-state index contributed by atoms with van der Waals surface area (Å²) in [4.78, 5) is 23.9. The van der Waals surface area contributed by atoms with Crippen LogP contribution in [0.5, 0.6) is 5.75 Å². The number of hydrogen-bond acceptors (Lipinski definition) is 4. The summed E-state index contributed by atoms with van der Waals surface area (Å²) in [6.07, 6.45) is 0. The summed E-state index contributed by atoms with van der Waals surface area (Å²) in [7, 11) is 1.49. The molecule has 1 amide bonds. The summed E-state index contributed by atoms with van der Waals surface area (Å²) in [5, 5.41) is 9.59. The van der Waals surface area contributed by atoms with Crippen LogP contribution in [0.1, 0.15) is 17.3 Å². The maximum absolute atomic E-state index is 11.8. The van der Waals surface area contributed by atoms with Crippen molar-refractivity contribution in [2.75, 3.05) is 19.3 Å². The number of nitrogen functional groups attached to an aromatic ring is 1. The molecule has 1 aromatic carbocycles. The maximum Gasteiger partial charge on any atom is 0.257 e. The Morgan fingerprint density at radius 1 is 1.44 bits per heavy atom. The summed E-state index contributed by atoms with van der Waals surface area (Å²) in [6, 6.07) is 4.53. The molecule has 0 atom stereocenters. The van der Waals surface area contributed by atoms with E-state index in [1.54, 1.807) is 6.07 Å². The number of carbonyl (C=O) groups excluding carboxylic acids is 2. The Labute approximate surface area is 93.5 Å². The zero-order valence-electron chi connectivity index (χ0n) is 9.23. The number of para-hydroxylation sites is 1. The number of anilines is 1. The highest BCUT2D eigenvalue weighted by molar-refractivity contribution is 5.99. The van der Waals surface area contributed by atoms with Gasteiger partial charge in [0, 0.05) is 7.05 Å². The van der Waals surface area contributed by atoms with Gasteiger partial charge < -0.3 is 15.7 Å². The summed E-state index contributed by atoms with van der Waals surface area (Å²) in [5.74, 6) is -0.804. The first-order valence-electron chi connectivity index (χ1n) is 4.76. The van der Waals surface area contributed by atoms with Gasteiger partial charge >= 0.3 is 0 Å². The molecule has 0 aliphatic heterocycles. The van der Waals surface area contributed by atoms with Crippen molar-refractivity contribution >= 4 is 17.4 Å². The first-order valence-corrected chi connectivity index (χ1v) is 4.76. The molecule has 0 radical (unpaired) electrons. The summed E-state index contributed by atoms with van der Waals surface area (Å²) in [5.41, 5.74) is 5.71. The molecule has 86 valence electrons. The molecule has 0 bridgehead atoms. The predicted molar refractivity (Wildman–Crippen MR) is 60.2 cm³/mol. The average Bonchev–Trinajstić information content (AvgIpc) is 2.20. The molecule has 0 saturated carbocycles. The molecule has 0 aliphatic carbocycles. The average molecular weight is 222 g/mol. The second kappa shape index (κ2) is 4.65. The molecule has 0 aliphatic rings. The Kier molecular flexibility index (Phi) is 3.50. The van der Waals surface area contributed by atoms with Crippen molar-refractivity contribution in [3.8, 4) is 5.75 Å². The molecule has 0 aromatic heterocycles. The summed E-state index contributed by atoms with van der Waals surface area (Å²) >= 11 is 0. The standard InChI is InChI=1S/C11H14N2O3/c1-7(14)6-13(2)11(16)8-4-3-5-9(12)10(8)15/h3-5,15H,6,12H2,1-2H3. The van der Waals surface area contributed by atoms with E-state index in [0.29, 0.717) is 0 Å². The zero-order chi connectivity index (χ0) is 12.3. The molecule has 16 heavy (non-hydrogen) atoms. The lowest BCUT2D eigenvalue weighted by atomic mass is 10.1. The van der Waals surface area contributed by atoms with Crippen molar-refractivity contribution in [2.45, 2.75) is 6.92 Å². The van der Waals surface area contributed by atoms with Gasteiger partial charge in [-0.05, 0) is 19.1 Å². The van der Waals surface area contributed by atoms with Crippen LogP contribution in [-0.4, -0.2) is 35.3 Å². The third-order valence-corrected chi connectivity index (χ3v) is 2.10. The highest BCUT2D eigenvalue weighted by atomic mass is 16.3. The van der Waals surface area contributed by atoms with Crippen LogP contribution < -0.4 is 5.73 Å². The number of nitrogens with zero attached hydrogens (tertiary/aromatic N) is 1. The van der Waals surface area contributed by atoms with Crippen molar-refractivity contribution in [3.63, 3.8) is 0 Å².